The molecule has 1 aromatic rings. The van der Waals surface area contributed by atoms with Gasteiger partial charge in [-0.15, -0.1) is 11.8 Å². The summed E-state index contributed by atoms with van der Waals surface area (Å²) in [6.45, 7) is 7.39. The van der Waals surface area contributed by atoms with E-state index < -0.39 is 0 Å². The predicted octanol–water partition coefficient (Wildman–Crippen LogP) is 3.15. The number of benzene rings is 1. The minimum atomic E-state index is 0.558. The zero-order valence-electron chi connectivity index (χ0n) is 11.8. The average molecular weight is 276 g/mol. The van der Waals surface area contributed by atoms with Crippen molar-refractivity contribution in [2.24, 2.45) is 5.92 Å². The van der Waals surface area contributed by atoms with E-state index in [1.165, 1.54) is 48.7 Å². The van der Waals surface area contributed by atoms with Gasteiger partial charge in [-0.1, -0.05) is 25.1 Å². The molecule has 104 valence electrons. The molecule has 2 aliphatic rings. The Balaban J connectivity index is 1.47. The molecule has 0 aliphatic carbocycles. The average Bonchev–Trinajstić information content (AvgIpc) is 3.05. The maximum atomic E-state index is 3.76. The van der Waals surface area contributed by atoms with Gasteiger partial charge >= 0.3 is 0 Å². The lowest BCUT2D eigenvalue weighted by Gasteiger charge is -2.22. The number of nitrogens with one attached hydrogen (secondary N) is 1. The van der Waals surface area contributed by atoms with Gasteiger partial charge in [0.15, 0.2) is 0 Å². The van der Waals surface area contributed by atoms with Gasteiger partial charge in [0.25, 0.3) is 0 Å². The van der Waals surface area contributed by atoms with Crippen LogP contribution >= 0.6 is 11.8 Å². The number of fused-ring (bicyclic) bond motifs is 1. The van der Waals surface area contributed by atoms with Gasteiger partial charge in [-0.3, -0.25) is 0 Å². The van der Waals surface area contributed by atoms with Crippen molar-refractivity contribution in [3.63, 3.8) is 0 Å². The van der Waals surface area contributed by atoms with E-state index in [2.05, 4.69) is 41.4 Å². The first-order chi connectivity index (χ1) is 9.33. The third-order valence-corrected chi connectivity index (χ3v) is 5.36. The van der Waals surface area contributed by atoms with Crippen LogP contribution in [0.25, 0.3) is 0 Å². The number of likely N-dealkylation sites (tertiary alicyclic amines) is 1. The van der Waals surface area contributed by atoms with E-state index in [4.69, 9.17) is 0 Å². The molecule has 3 rings (SSSR count). The van der Waals surface area contributed by atoms with Crippen LogP contribution < -0.4 is 5.32 Å². The lowest BCUT2D eigenvalue weighted by atomic mass is 10.1. The van der Waals surface area contributed by atoms with Crippen LogP contribution in [0.4, 0.5) is 0 Å². The highest BCUT2D eigenvalue weighted by molar-refractivity contribution is 7.99. The first kappa shape index (κ1) is 13.5. The summed E-state index contributed by atoms with van der Waals surface area (Å²) >= 11 is 1.99. The quantitative estimate of drug-likeness (QED) is 0.889. The van der Waals surface area contributed by atoms with Crippen molar-refractivity contribution in [1.29, 1.82) is 0 Å². The third kappa shape index (κ3) is 3.33. The smallest absolute Gasteiger partial charge is 0.0426 e. The zero-order chi connectivity index (χ0) is 13.1. The Kier molecular flexibility index (Phi) is 4.46. The van der Waals surface area contributed by atoms with Gasteiger partial charge < -0.3 is 10.2 Å². The molecular weight excluding hydrogens is 252 g/mol. The van der Waals surface area contributed by atoms with Crippen molar-refractivity contribution < 1.29 is 0 Å². The number of hydrogen-bond acceptors (Lipinski definition) is 3. The van der Waals surface area contributed by atoms with Crippen molar-refractivity contribution in [2.45, 2.75) is 30.7 Å². The number of thioether (sulfide) groups is 1. The zero-order valence-corrected chi connectivity index (χ0v) is 12.6. The molecule has 2 unspecified atom stereocenters. The summed E-state index contributed by atoms with van der Waals surface area (Å²) in [7, 11) is 0. The highest BCUT2D eigenvalue weighted by Gasteiger charge is 2.23. The first-order valence-corrected chi connectivity index (χ1v) is 8.49. The standard InChI is InChI=1S/C16H24N2S/c1-13(11-18-8-4-5-9-18)10-17-15-12-19-16-7-3-2-6-14(15)16/h2-3,6-7,13,15,17H,4-5,8-12H2,1H3. The van der Waals surface area contributed by atoms with Gasteiger partial charge in [-0.05, 0) is 50.0 Å². The molecule has 1 aromatic carbocycles. The molecule has 2 atom stereocenters. The minimum Gasteiger partial charge on any atom is -0.309 e. The van der Waals surface area contributed by atoms with Crippen LogP contribution in [-0.4, -0.2) is 36.8 Å². The van der Waals surface area contributed by atoms with Crippen molar-refractivity contribution in [3.8, 4) is 0 Å². The van der Waals surface area contributed by atoms with Crippen LogP contribution in [0.3, 0.4) is 0 Å². The molecule has 3 heteroatoms. The molecule has 2 nitrogen and oxygen atoms in total. The largest absolute Gasteiger partial charge is 0.309 e. The van der Waals surface area contributed by atoms with E-state index >= 15 is 0 Å². The Labute approximate surface area is 121 Å². The Bertz CT molecular complexity index is 415. The Morgan fingerprint density at radius 2 is 2.11 bits per heavy atom. The van der Waals surface area contributed by atoms with Gasteiger partial charge in [0.1, 0.15) is 0 Å². The summed E-state index contributed by atoms with van der Waals surface area (Å²) in [5.41, 5.74) is 1.50. The Morgan fingerprint density at radius 1 is 1.32 bits per heavy atom. The van der Waals surface area contributed by atoms with E-state index in [0.29, 0.717) is 6.04 Å². The summed E-state index contributed by atoms with van der Waals surface area (Å²) in [4.78, 5) is 4.08. The molecule has 0 aromatic heterocycles. The van der Waals surface area contributed by atoms with Crippen molar-refractivity contribution >= 4 is 11.8 Å². The van der Waals surface area contributed by atoms with E-state index in [9.17, 15) is 0 Å². The fourth-order valence-electron chi connectivity index (χ4n) is 3.15. The molecule has 0 amide bonds. The van der Waals surface area contributed by atoms with E-state index in [0.717, 1.165) is 12.5 Å². The normalized spacial score (nSPS) is 24.6. The SMILES string of the molecule is CC(CNC1CSc2ccccc21)CN1CCCC1. The molecule has 2 aliphatic heterocycles. The fraction of sp³-hybridized carbons (Fsp3) is 0.625. The number of hydrogen-bond donors (Lipinski definition) is 1. The van der Waals surface area contributed by atoms with Crippen LogP contribution in [0.15, 0.2) is 29.2 Å². The lowest BCUT2D eigenvalue weighted by Crippen LogP contribution is -2.33. The molecule has 0 bridgehead atoms. The summed E-state index contributed by atoms with van der Waals surface area (Å²) < 4.78 is 0. The van der Waals surface area contributed by atoms with E-state index in [1.807, 2.05) is 11.8 Å². The van der Waals surface area contributed by atoms with Gasteiger partial charge in [0.2, 0.25) is 0 Å². The Morgan fingerprint density at radius 3 is 2.95 bits per heavy atom. The summed E-state index contributed by atoms with van der Waals surface area (Å²) in [6, 6.07) is 9.38. The Hall–Kier alpha value is -0.510. The first-order valence-electron chi connectivity index (χ1n) is 7.50. The molecule has 1 saturated heterocycles. The molecule has 1 N–H and O–H groups in total. The second-order valence-electron chi connectivity index (χ2n) is 5.92. The molecular formula is C16H24N2S. The fourth-order valence-corrected chi connectivity index (χ4v) is 4.34. The van der Waals surface area contributed by atoms with Crippen LogP contribution in [0.5, 0.6) is 0 Å². The van der Waals surface area contributed by atoms with Gasteiger partial charge in [-0.25, -0.2) is 0 Å². The maximum absolute atomic E-state index is 3.76. The van der Waals surface area contributed by atoms with Crippen molar-refractivity contribution in [2.75, 3.05) is 31.9 Å². The van der Waals surface area contributed by atoms with Crippen LogP contribution in [0.2, 0.25) is 0 Å². The summed E-state index contributed by atoms with van der Waals surface area (Å²) in [6.07, 6.45) is 2.79. The molecule has 19 heavy (non-hydrogen) atoms. The van der Waals surface area contributed by atoms with Gasteiger partial charge in [0.05, 0.1) is 0 Å². The molecule has 0 spiro atoms. The predicted molar refractivity (Wildman–Crippen MR) is 82.7 cm³/mol. The number of nitrogens with zero attached hydrogens (tertiary/aromatic N) is 1. The van der Waals surface area contributed by atoms with Gasteiger partial charge in [-0.2, -0.15) is 0 Å². The molecule has 2 heterocycles. The van der Waals surface area contributed by atoms with Gasteiger partial charge in [0, 0.05) is 23.2 Å². The highest BCUT2D eigenvalue weighted by Crippen LogP contribution is 2.37. The highest BCUT2D eigenvalue weighted by atomic mass is 32.2. The molecule has 0 saturated carbocycles. The summed E-state index contributed by atoms with van der Waals surface area (Å²) in [5, 5.41) is 3.76. The lowest BCUT2D eigenvalue weighted by molar-refractivity contribution is 0.279. The third-order valence-electron chi connectivity index (χ3n) is 4.18. The topological polar surface area (TPSA) is 15.3 Å². The van der Waals surface area contributed by atoms with Crippen LogP contribution in [0.1, 0.15) is 31.4 Å². The molecule has 1 fully saturated rings. The van der Waals surface area contributed by atoms with E-state index in [1.54, 1.807) is 0 Å². The number of rotatable bonds is 5. The maximum Gasteiger partial charge on any atom is 0.0426 e. The van der Waals surface area contributed by atoms with Crippen molar-refractivity contribution in [3.05, 3.63) is 29.8 Å². The monoisotopic (exact) mass is 276 g/mol. The van der Waals surface area contributed by atoms with E-state index in [-0.39, 0.29) is 0 Å². The summed E-state index contributed by atoms with van der Waals surface area (Å²) in [5.74, 6) is 1.94. The minimum absolute atomic E-state index is 0.558. The van der Waals surface area contributed by atoms with Crippen LogP contribution in [-0.2, 0) is 0 Å². The second-order valence-corrected chi connectivity index (χ2v) is 6.98. The van der Waals surface area contributed by atoms with Crippen LogP contribution in [0, 0.1) is 5.92 Å². The van der Waals surface area contributed by atoms with Crippen molar-refractivity contribution in [1.82, 2.24) is 10.2 Å². The molecule has 0 radical (unpaired) electrons. The second kappa shape index (κ2) is 6.29.